The van der Waals surface area contributed by atoms with E-state index in [1.54, 1.807) is 48.6 Å². The molecule has 1 aliphatic rings. The quantitative estimate of drug-likeness (QED) is 0.351. The highest BCUT2D eigenvalue weighted by Gasteiger charge is 2.26. The van der Waals surface area contributed by atoms with Gasteiger partial charge in [0.2, 0.25) is 5.75 Å². The van der Waals surface area contributed by atoms with Gasteiger partial charge < -0.3 is 29.1 Å². The summed E-state index contributed by atoms with van der Waals surface area (Å²) in [6.45, 7) is 0. The van der Waals surface area contributed by atoms with Crippen LogP contribution in [0.2, 0.25) is 0 Å². The second-order valence-corrected chi connectivity index (χ2v) is 9.20. The van der Waals surface area contributed by atoms with Crippen LogP contribution in [0.15, 0.2) is 45.0 Å². The summed E-state index contributed by atoms with van der Waals surface area (Å²) in [6.07, 6.45) is 0.601. The molecule has 0 aliphatic carbocycles. The summed E-state index contributed by atoms with van der Waals surface area (Å²) in [7, 11) is 10.9. The topological polar surface area (TPSA) is 132 Å². The van der Waals surface area contributed by atoms with Crippen molar-refractivity contribution in [2.24, 2.45) is 26.2 Å². The fourth-order valence-corrected chi connectivity index (χ4v) is 4.74. The maximum Gasteiger partial charge on any atom is 0.332 e. The molecule has 5 rings (SSSR count). The third-order valence-electron chi connectivity index (χ3n) is 6.98. The van der Waals surface area contributed by atoms with E-state index in [0.29, 0.717) is 35.2 Å². The van der Waals surface area contributed by atoms with Crippen molar-refractivity contribution in [3.05, 3.63) is 62.3 Å². The average Bonchev–Trinajstić information content (AvgIpc) is 3.59. The zero-order valence-corrected chi connectivity index (χ0v) is 23.3. The molecule has 13 heteroatoms. The van der Waals surface area contributed by atoms with Crippen molar-refractivity contribution in [1.29, 1.82) is 0 Å². The van der Waals surface area contributed by atoms with Crippen LogP contribution in [0.5, 0.6) is 34.8 Å². The van der Waals surface area contributed by atoms with Crippen LogP contribution in [0.4, 0.5) is 0 Å². The number of benzene rings is 2. The average molecular weight is 551 g/mol. The van der Waals surface area contributed by atoms with Crippen LogP contribution in [0.3, 0.4) is 0 Å². The number of imidazole rings is 1. The lowest BCUT2D eigenvalue weighted by Gasteiger charge is -2.15. The SMILES string of the molecule is COc1cc(C2CC(c3cc(OC)c(OC)c(OC)c3)=NN2)ccc1Oc1nc2c(c(=O)n(C)c(=O)n2C)n1C. The highest BCUT2D eigenvalue weighted by Crippen LogP contribution is 2.40. The minimum Gasteiger partial charge on any atom is -0.493 e. The summed E-state index contributed by atoms with van der Waals surface area (Å²) in [5.41, 5.74) is 5.34. The zero-order valence-electron chi connectivity index (χ0n) is 23.3. The van der Waals surface area contributed by atoms with Gasteiger partial charge in [-0.25, -0.2) is 4.79 Å². The smallest absolute Gasteiger partial charge is 0.332 e. The Kier molecular flexibility index (Phi) is 6.88. The predicted molar refractivity (Wildman–Crippen MR) is 147 cm³/mol. The van der Waals surface area contributed by atoms with Crippen LogP contribution in [-0.4, -0.2) is 52.8 Å². The molecule has 210 valence electrons. The summed E-state index contributed by atoms with van der Waals surface area (Å²) in [5, 5.41) is 4.55. The van der Waals surface area contributed by atoms with Crippen LogP contribution in [0.1, 0.15) is 23.6 Å². The Morgan fingerprint density at radius 3 is 2.12 bits per heavy atom. The van der Waals surface area contributed by atoms with E-state index in [1.807, 2.05) is 24.3 Å². The molecule has 1 unspecified atom stereocenters. The van der Waals surface area contributed by atoms with E-state index >= 15 is 0 Å². The molecule has 2 aromatic heterocycles. The van der Waals surface area contributed by atoms with Gasteiger partial charge >= 0.3 is 11.7 Å². The molecule has 40 heavy (non-hydrogen) atoms. The largest absolute Gasteiger partial charge is 0.493 e. The van der Waals surface area contributed by atoms with E-state index in [1.165, 1.54) is 16.2 Å². The lowest BCUT2D eigenvalue weighted by molar-refractivity contribution is 0.324. The third kappa shape index (κ3) is 4.28. The van der Waals surface area contributed by atoms with E-state index in [4.69, 9.17) is 23.7 Å². The fraction of sp³-hybridized carbons (Fsp3) is 0.333. The summed E-state index contributed by atoms with van der Waals surface area (Å²) in [5.74, 6) is 2.47. The van der Waals surface area contributed by atoms with Crippen LogP contribution >= 0.6 is 0 Å². The standard InChI is InChI=1S/C27H30N6O7/c1-31-22-24(32(2)27(35)33(3)25(22)34)28-26(31)40-18-9-8-14(10-19(18)36-4)16-13-17(30-29-16)15-11-20(37-5)23(39-7)21(12-15)38-6/h8-12,16,29H,13H2,1-7H3. The van der Waals surface area contributed by atoms with Crippen LogP contribution in [0, 0.1) is 0 Å². The molecule has 0 spiro atoms. The number of hydrogen-bond donors (Lipinski definition) is 1. The van der Waals surface area contributed by atoms with Crippen molar-refractivity contribution < 1.29 is 23.7 Å². The van der Waals surface area contributed by atoms with Gasteiger partial charge in [0.15, 0.2) is 34.2 Å². The van der Waals surface area contributed by atoms with Gasteiger partial charge in [0.1, 0.15) is 0 Å². The molecule has 0 bridgehead atoms. The van der Waals surface area contributed by atoms with Gasteiger partial charge in [0.05, 0.1) is 40.2 Å². The van der Waals surface area contributed by atoms with Gasteiger partial charge in [0, 0.05) is 33.1 Å². The van der Waals surface area contributed by atoms with Crippen molar-refractivity contribution in [3.8, 4) is 34.8 Å². The van der Waals surface area contributed by atoms with E-state index in [-0.39, 0.29) is 23.2 Å². The number of hydrazone groups is 1. The van der Waals surface area contributed by atoms with Crippen molar-refractivity contribution in [3.63, 3.8) is 0 Å². The Hall–Kier alpha value is -4.94. The monoisotopic (exact) mass is 550 g/mol. The van der Waals surface area contributed by atoms with Crippen molar-refractivity contribution in [2.75, 3.05) is 28.4 Å². The van der Waals surface area contributed by atoms with Crippen molar-refractivity contribution >= 4 is 16.9 Å². The number of rotatable bonds is 8. The number of aromatic nitrogens is 4. The summed E-state index contributed by atoms with van der Waals surface area (Å²) < 4.78 is 31.9. The number of nitrogens with zero attached hydrogens (tertiary/aromatic N) is 5. The number of fused-ring (bicyclic) bond motifs is 1. The number of ether oxygens (including phenoxy) is 5. The van der Waals surface area contributed by atoms with Gasteiger partial charge in [-0.15, -0.1) is 0 Å². The molecule has 0 saturated heterocycles. The Labute approximate surface area is 229 Å². The Morgan fingerprint density at radius 2 is 1.50 bits per heavy atom. The molecule has 1 N–H and O–H groups in total. The lowest BCUT2D eigenvalue weighted by Crippen LogP contribution is -2.37. The van der Waals surface area contributed by atoms with Crippen LogP contribution in [-0.2, 0) is 21.1 Å². The minimum atomic E-state index is -0.471. The molecule has 3 heterocycles. The third-order valence-corrected chi connectivity index (χ3v) is 6.98. The normalized spacial score (nSPS) is 14.6. The number of methoxy groups -OCH3 is 4. The van der Waals surface area contributed by atoms with E-state index in [2.05, 4.69) is 15.5 Å². The molecule has 13 nitrogen and oxygen atoms in total. The molecule has 2 aromatic carbocycles. The number of aryl methyl sites for hydroxylation is 2. The molecule has 1 aliphatic heterocycles. The molecule has 0 fully saturated rings. The number of hydrogen-bond acceptors (Lipinski definition) is 10. The first-order chi connectivity index (χ1) is 19.2. The Bertz CT molecular complexity index is 1740. The molecule has 0 amide bonds. The fourth-order valence-electron chi connectivity index (χ4n) is 4.74. The molecular weight excluding hydrogens is 520 g/mol. The minimum absolute atomic E-state index is 0.120. The highest BCUT2D eigenvalue weighted by atomic mass is 16.5. The zero-order chi connectivity index (χ0) is 28.7. The molecule has 1 atom stereocenters. The summed E-state index contributed by atoms with van der Waals surface area (Å²) >= 11 is 0. The highest BCUT2D eigenvalue weighted by molar-refractivity contribution is 6.02. The Morgan fingerprint density at radius 1 is 0.825 bits per heavy atom. The second kappa shape index (κ2) is 10.3. The summed E-state index contributed by atoms with van der Waals surface area (Å²) in [6, 6.07) is 9.28. The first-order valence-corrected chi connectivity index (χ1v) is 12.3. The van der Waals surface area contributed by atoms with Gasteiger partial charge in [0.25, 0.3) is 5.56 Å². The van der Waals surface area contributed by atoms with Gasteiger partial charge in [-0.3, -0.25) is 18.5 Å². The maximum atomic E-state index is 12.7. The van der Waals surface area contributed by atoms with E-state index < -0.39 is 11.2 Å². The van der Waals surface area contributed by atoms with E-state index in [9.17, 15) is 9.59 Å². The maximum absolute atomic E-state index is 12.7. The molecule has 0 saturated carbocycles. The Balaban J connectivity index is 1.41. The first-order valence-electron chi connectivity index (χ1n) is 12.3. The molecular formula is C27H30N6O7. The van der Waals surface area contributed by atoms with Crippen LogP contribution in [0.25, 0.3) is 11.2 Å². The first kappa shape index (κ1) is 26.7. The van der Waals surface area contributed by atoms with Gasteiger partial charge in [-0.1, -0.05) is 6.07 Å². The predicted octanol–water partition coefficient (Wildman–Crippen LogP) is 2.24. The lowest BCUT2D eigenvalue weighted by atomic mass is 9.98. The second-order valence-electron chi connectivity index (χ2n) is 9.20. The molecule has 0 radical (unpaired) electrons. The van der Waals surface area contributed by atoms with Crippen LogP contribution < -0.4 is 40.4 Å². The molecule has 4 aromatic rings. The van der Waals surface area contributed by atoms with Crippen molar-refractivity contribution in [1.82, 2.24) is 24.1 Å². The summed E-state index contributed by atoms with van der Waals surface area (Å²) in [4.78, 5) is 29.4. The van der Waals surface area contributed by atoms with E-state index in [0.717, 1.165) is 21.4 Å². The van der Waals surface area contributed by atoms with Crippen molar-refractivity contribution in [2.45, 2.75) is 12.5 Å². The van der Waals surface area contributed by atoms with Gasteiger partial charge in [-0.2, -0.15) is 10.1 Å². The number of nitrogens with one attached hydrogen (secondary N) is 1. The van der Waals surface area contributed by atoms with Gasteiger partial charge in [-0.05, 0) is 29.8 Å².